The van der Waals surface area contributed by atoms with Gasteiger partial charge in [0.05, 0.1) is 14.2 Å². The number of carbonyl (C=O) groups is 2. The van der Waals surface area contributed by atoms with Gasteiger partial charge in [0, 0.05) is 2.74 Å². The van der Waals surface area contributed by atoms with Crippen molar-refractivity contribution in [2.24, 2.45) is 11.3 Å². The van der Waals surface area contributed by atoms with E-state index in [4.69, 9.17) is 2.74 Å². The van der Waals surface area contributed by atoms with Gasteiger partial charge in [-0.2, -0.15) is 0 Å². The monoisotopic (exact) mass is 214 g/mol. The van der Waals surface area contributed by atoms with Crippen LogP contribution in [0.3, 0.4) is 0 Å². The molecule has 0 bridgehead atoms. The molecule has 1 atom stereocenters. The van der Waals surface area contributed by atoms with Gasteiger partial charge in [-0.25, -0.2) is 0 Å². The first-order chi connectivity index (χ1) is 7.86. The topological polar surface area (TPSA) is 52.6 Å². The molecule has 0 aromatic carbocycles. The molecule has 84 valence electrons. The van der Waals surface area contributed by atoms with E-state index in [-0.39, 0.29) is 13.3 Å². The third kappa shape index (κ3) is 1.76. The minimum Gasteiger partial charge on any atom is -0.468 e. The van der Waals surface area contributed by atoms with E-state index in [9.17, 15) is 9.59 Å². The lowest BCUT2D eigenvalue weighted by atomic mass is 9.85. The van der Waals surface area contributed by atoms with E-state index < -0.39 is 23.2 Å². The number of allylic oxidation sites excluding steroid dienone is 1. The SMILES string of the molecule is [2H]CC1([2H])CC(C(=O)OC)(C(=O)OC)C=C1C. The lowest BCUT2D eigenvalue weighted by Gasteiger charge is -2.21. The van der Waals surface area contributed by atoms with Crippen LogP contribution in [-0.4, -0.2) is 26.2 Å². The second kappa shape index (κ2) is 4.04. The van der Waals surface area contributed by atoms with E-state index in [1.807, 2.05) is 0 Å². The molecule has 0 aromatic rings. The lowest BCUT2D eigenvalue weighted by molar-refractivity contribution is -0.165. The highest BCUT2D eigenvalue weighted by Gasteiger charge is 2.50. The summed E-state index contributed by atoms with van der Waals surface area (Å²) in [6.07, 6.45) is 1.29. The first-order valence-electron chi connectivity index (χ1n) is 5.73. The van der Waals surface area contributed by atoms with E-state index in [1.54, 1.807) is 6.92 Å². The van der Waals surface area contributed by atoms with Gasteiger partial charge in [0.15, 0.2) is 5.41 Å². The van der Waals surface area contributed by atoms with Gasteiger partial charge >= 0.3 is 11.9 Å². The maximum Gasteiger partial charge on any atom is 0.327 e. The van der Waals surface area contributed by atoms with Crippen LogP contribution in [0.25, 0.3) is 0 Å². The van der Waals surface area contributed by atoms with Gasteiger partial charge in [0.2, 0.25) is 0 Å². The van der Waals surface area contributed by atoms with Gasteiger partial charge in [0.1, 0.15) is 0 Å². The van der Waals surface area contributed by atoms with Crippen LogP contribution >= 0.6 is 0 Å². The van der Waals surface area contributed by atoms with Crippen molar-refractivity contribution in [1.29, 1.82) is 0 Å². The molecule has 0 saturated heterocycles. The van der Waals surface area contributed by atoms with Gasteiger partial charge in [-0.15, -0.1) is 0 Å². The zero-order chi connectivity index (χ0) is 13.3. The summed E-state index contributed by atoms with van der Waals surface area (Å²) < 4.78 is 24.7. The van der Waals surface area contributed by atoms with Crippen molar-refractivity contribution < 1.29 is 21.8 Å². The van der Waals surface area contributed by atoms with Crippen LogP contribution in [0.15, 0.2) is 11.6 Å². The van der Waals surface area contributed by atoms with Gasteiger partial charge < -0.3 is 9.47 Å². The molecule has 1 rings (SSSR count). The highest BCUT2D eigenvalue weighted by molar-refractivity contribution is 6.03. The number of methoxy groups -OCH3 is 2. The molecule has 0 heterocycles. The van der Waals surface area contributed by atoms with Crippen LogP contribution in [0, 0.1) is 11.3 Å². The number of esters is 2. The van der Waals surface area contributed by atoms with Crippen LogP contribution in [0.4, 0.5) is 0 Å². The Morgan fingerprint density at radius 3 is 2.40 bits per heavy atom. The summed E-state index contributed by atoms with van der Waals surface area (Å²) in [5.41, 5.74) is -1.06. The summed E-state index contributed by atoms with van der Waals surface area (Å²) in [7, 11) is 2.36. The number of hydrogen-bond donors (Lipinski definition) is 0. The fraction of sp³-hybridized carbons (Fsp3) is 0.636. The molecule has 0 spiro atoms. The molecule has 0 aromatic heterocycles. The predicted molar refractivity (Wildman–Crippen MR) is 54.0 cm³/mol. The highest BCUT2D eigenvalue weighted by Crippen LogP contribution is 2.41. The van der Waals surface area contributed by atoms with Gasteiger partial charge in [0.25, 0.3) is 0 Å². The van der Waals surface area contributed by atoms with Gasteiger partial charge in [-0.1, -0.05) is 18.5 Å². The first-order valence-corrected chi connectivity index (χ1v) is 4.52. The van der Waals surface area contributed by atoms with E-state index in [1.165, 1.54) is 20.3 Å². The summed E-state index contributed by atoms with van der Waals surface area (Å²) in [6.45, 7) is 1.42. The Morgan fingerprint density at radius 1 is 1.53 bits per heavy atom. The second-order valence-corrected chi connectivity index (χ2v) is 3.56. The summed E-state index contributed by atoms with van der Waals surface area (Å²) in [4.78, 5) is 23.5. The van der Waals surface area contributed by atoms with Crippen molar-refractivity contribution in [2.75, 3.05) is 14.2 Å². The molecule has 0 aliphatic heterocycles. The normalized spacial score (nSPS) is 29.9. The number of ether oxygens (including phenoxy) is 2. The Kier molecular flexibility index (Phi) is 2.41. The van der Waals surface area contributed by atoms with Gasteiger partial charge in [-0.3, -0.25) is 9.59 Å². The van der Waals surface area contributed by atoms with Crippen molar-refractivity contribution >= 4 is 11.9 Å². The third-order valence-corrected chi connectivity index (χ3v) is 2.61. The standard InChI is InChI=1S/C11H16O4/c1-7-5-11(6-8(7)2,9(12)14-3)10(13)15-4/h5,8H,6H2,1-4H3/i2D,8D. The smallest absolute Gasteiger partial charge is 0.327 e. The molecular formula is C11H16O4. The third-order valence-electron chi connectivity index (χ3n) is 2.61. The van der Waals surface area contributed by atoms with Crippen LogP contribution in [0.2, 0.25) is 0 Å². The van der Waals surface area contributed by atoms with Crippen LogP contribution in [0.5, 0.6) is 0 Å². The molecule has 0 amide bonds. The van der Waals surface area contributed by atoms with Crippen molar-refractivity contribution in [1.82, 2.24) is 0 Å². The second-order valence-electron chi connectivity index (χ2n) is 3.56. The Hall–Kier alpha value is -1.32. The fourth-order valence-electron chi connectivity index (χ4n) is 1.71. The maximum absolute atomic E-state index is 11.8. The number of carbonyl (C=O) groups excluding carboxylic acids is 2. The summed E-state index contributed by atoms with van der Waals surface area (Å²) in [5, 5.41) is 0. The molecule has 4 heteroatoms. The van der Waals surface area contributed by atoms with E-state index in [2.05, 4.69) is 9.47 Å². The average molecular weight is 214 g/mol. The van der Waals surface area contributed by atoms with E-state index in [0.29, 0.717) is 5.57 Å². The molecule has 1 aliphatic rings. The van der Waals surface area contributed by atoms with Crippen LogP contribution in [-0.2, 0) is 19.1 Å². The average Bonchev–Trinajstić information content (AvgIpc) is 2.61. The van der Waals surface area contributed by atoms with Crippen molar-refractivity contribution in [3.8, 4) is 0 Å². The number of rotatable bonds is 2. The maximum atomic E-state index is 11.8. The van der Waals surface area contributed by atoms with Crippen LogP contribution < -0.4 is 0 Å². The minimum atomic E-state index is -1.57. The van der Waals surface area contributed by atoms with E-state index in [0.717, 1.165) is 0 Å². The summed E-state index contributed by atoms with van der Waals surface area (Å²) >= 11 is 0. The molecule has 0 radical (unpaired) electrons. The summed E-state index contributed by atoms with van der Waals surface area (Å²) in [5.74, 6) is -2.72. The molecule has 1 unspecified atom stereocenters. The zero-order valence-electron chi connectivity index (χ0n) is 11.1. The predicted octanol–water partition coefficient (Wildman–Crippen LogP) is 1.30. The Bertz CT molecular complexity index is 362. The fourth-order valence-corrected chi connectivity index (χ4v) is 1.71. The molecule has 1 aliphatic carbocycles. The minimum absolute atomic E-state index is 0.103. The Balaban J connectivity index is 3.23. The van der Waals surface area contributed by atoms with Crippen LogP contribution in [0.1, 0.15) is 23.0 Å². The first kappa shape index (κ1) is 8.95. The Morgan fingerprint density at radius 2 is 2.07 bits per heavy atom. The van der Waals surface area contributed by atoms with E-state index >= 15 is 0 Å². The quantitative estimate of drug-likeness (QED) is 0.395. The Labute approximate surface area is 92.1 Å². The molecule has 0 saturated carbocycles. The molecular weight excluding hydrogens is 196 g/mol. The highest BCUT2D eigenvalue weighted by atomic mass is 16.5. The molecule has 0 fully saturated rings. The van der Waals surface area contributed by atoms with Crippen molar-refractivity contribution in [2.45, 2.75) is 20.2 Å². The van der Waals surface area contributed by atoms with Crippen molar-refractivity contribution in [3.63, 3.8) is 0 Å². The zero-order valence-corrected chi connectivity index (χ0v) is 9.12. The largest absolute Gasteiger partial charge is 0.468 e. The van der Waals surface area contributed by atoms with Gasteiger partial charge in [-0.05, 0) is 19.2 Å². The summed E-state index contributed by atoms with van der Waals surface area (Å²) in [6, 6.07) is 0. The lowest BCUT2D eigenvalue weighted by Crippen LogP contribution is -2.38. The van der Waals surface area contributed by atoms with Crippen molar-refractivity contribution in [3.05, 3.63) is 11.6 Å². The number of hydrogen-bond acceptors (Lipinski definition) is 4. The molecule has 15 heavy (non-hydrogen) atoms. The molecule has 0 N–H and O–H groups in total. The molecule has 4 nitrogen and oxygen atoms in total.